The lowest BCUT2D eigenvalue weighted by Crippen LogP contribution is -2.27. The second-order valence-corrected chi connectivity index (χ2v) is 8.54. The van der Waals surface area contributed by atoms with Crippen LogP contribution in [0.1, 0.15) is 30.9 Å². The van der Waals surface area contributed by atoms with Crippen molar-refractivity contribution in [3.05, 3.63) is 96.1 Å². The van der Waals surface area contributed by atoms with Crippen LogP contribution >= 0.6 is 27.7 Å². The second kappa shape index (κ2) is 9.28. The maximum Gasteiger partial charge on any atom is 0.273 e. The number of ketones is 1. The van der Waals surface area contributed by atoms with Crippen LogP contribution in [0.15, 0.2) is 74.9 Å². The van der Waals surface area contributed by atoms with Crippen molar-refractivity contribution in [1.29, 1.82) is 5.26 Å². The van der Waals surface area contributed by atoms with E-state index in [0.717, 1.165) is 10.0 Å². The molecule has 0 saturated heterocycles. The molecule has 1 atom stereocenters. The number of allylic oxidation sites excluding steroid dienone is 3. The van der Waals surface area contributed by atoms with Crippen LogP contribution in [0, 0.1) is 21.4 Å². The number of nitrogens with zero attached hydrogens (tertiary/aromatic N) is 2. The Morgan fingerprint density at radius 1 is 1.27 bits per heavy atom. The van der Waals surface area contributed by atoms with Gasteiger partial charge in [0.1, 0.15) is 0 Å². The number of hydrogen-bond acceptors (Lipinski definition) is 6. The Bertz CT molecular complexity index is 1130. The van der Waals surface area contributed by atoms with E-state index in [0.29, 0.717) is 33.2 Å². The molecule has 0 saturated carbocycles. The lowest BCUT2D eigenvalue weighted by molar-refractivity contribution is -0.385. The molecule has 0 spiro atoms. The molecule has 30 heavy (non-hydrogen) atoms. The van der Waals surface area contributed by atoms with E-state index in [4.69, 9.17) is 0 Å². The Morgan fingerprint density at radius 3 is 2.57 bits per heavy atom. The zero-order chi connectivity index (χ0) is 21.8. The Kier molecular flexibility index (Phi) is 6.75. The van der Waals surface area contributed by atoms with Crippen LogP contribution in [-0.4, -0.2) is 10.7 Å². The predicted molar refractivity (Wildman–Crippen MR) is 120 cm³/mol. The summed E-state index contributed by atoms with van der Waals surface area (Å²) in [4.78, 5) is 23.3. The molecule has 3 rings (SSSR count). The Balaban J connectivity index is 2.05. The van der Waals surface area contributed by atoms with Crippen LogP contribution < -0.4 is 5.32 Å². The highest BCUT2D eigenvalue weighted by Crippen LogP contribution is 2.43. The molecule has 8 heteroatoms. The summed E-state index contributed by atoms with van der Waals surface area (Å²) < 4.78 is 0.805. The van der Waals surface area contributed by atoms with E-state index < -0.39 is 10.8 Å². The van der Waals surface area contributed by atoms with E-state index in [1.165, 1.54) is 24.8 Å². The molecule has 1 N–H and O–H groups in total. The van der Waals surface area contributed by atoms with Gasteiger partial charge in [-0.25, -0.2) is 0 Å². The highest BCUT2D eigenvalue weighted by Gasteiger charge is 2.34. The van der Waals surface area contributed by atoms with E-state index in [-0.39, 0.29) is 11.5 Å². The first-order valence-corrected chi connectivity index (χ1v) is 10.9. The number of halogens is 1. The third-order valence-corrected chi connectivity index (χ3v) is 6.59. The molecule has 0 amide bonds. The van der Waals surface area contributed by atoms with E-state index in [9.17, 15) is 20.2 Å². The first-order chi connectivity index (χ1) is 14.3. The van der Waals surface area contributed by atoms with Gasteiger partial charge in [-0.1, -0.05) is 52.3 Å². The minimum Gasteiger partial charge on any atom is -0.353 e. The van der Waals surface area contributed by atoms with Crippen LogP contribution in [0.25, 0.3) is 0 Å². The molecular formula is C22H18BrN3O3S. The van der Waals surface area contributed by atoms with Crippen LogP contribution in [0.5, 0.6) is 0 Å². The summed E-state index contributed by atoms with van der Waals surface area (Å²) in [5, 5.41) is 25.1. The number of nitro groups is 1. The number of thioether (sulfide) groups is 1. The summed E-state index contributed by atoms with van der Waals surface area (Å²) >= 11 is 4.86. The molecule has 2 aromatic carbocycles. The van der Waals surface area contributed by atoms with Gasteiger partial charge in [0.2, 0.25) is 0 Å². The topological polar surface area (TPSA) is 96.0 Å². The smallest absolute Gasteiger partial charge is 0.273 e. The highest BCUT2D eigenvalue weighted by molar-refractivity contribution is 9.10. The molecular weight excluding hydrogens is 466 g/mol. The first-order valence-electron chi connectivity index (χ1n) is 9.07. The first kappa shape index (κ1) is 21.8. The molecule has 152 valence electrons. The number of rotatable bonds is 6. The number of carbonyl (C=O) groups excluding carboxylic acids is 1. The van der Waals surface area contributed by atoms with Gasteiger partial charge in [-0.05, 0) is 25.5 Å². The van der Waals surface area contributed by atoms with E-state index >= 15 is 0 Å². The maximum absolute atomic E-state index is 12.4. The second-order valence-electron chi connectivity index (χ2n) is 6.70. The van der Waals surface area contributed by atoms with Gasteiger partial charge >= 0.3 is 0 Å². The summed E-state index contributed by atoms with van der Waals surface area (Å²) in [6.07, 6.45) is 0. The Morgan fingerprint density at radius 2 is 1.93 bits per heavy atom. The molecule has 2 aromatic rings. The number of nitriles is 1. The third kappa shape index (κ3) is 4.32. The monoisotopic (exact) mass is 483 g/mol. The van der Waals surface area contributed by atoms with Gasteiger partial charge in [0.05, 0.1) is 27.5 Å². The van der Waals surface area contributed by atoms with E-state index in [1.807, 2.05) is 24.3 Å². The Hall–Kier alpha value is -2.89. The highest BCUT2D eigenvalue weighted by atomic mass is 79.9. The largest absolute Gasteiger partial charge is 0.353 e. The average molecular weight is 484 g/mol. The van der Waals surface area contributed by atoms with Gasteiger partial charge in [-0.2, -0.15) is 5.26 Å². The van der Waals surface area contributed by atoms with Crippen LogP contribution in [0.3, 0.4) is 0 Å². The fourth-order valence-corrected chi connectivity index (χ4v) is 5.08. The van der Waals surface area contributed by atoms with Crippen molar-refractivity contribution in [2.24, 2.45) is 0 Å². The van der Waals surface area contributed by atoms with Crippen LogP contribution in [0.4, 0.5) is 5.69 Å². The number of benzene rings is 2. The van der Waals surface area contributed by atoms with E-state index in [2.05, 4.69) is 27.3 Å². The molecule has 0 bridgehead atoms. The molecule has 0 fully saturated rings. The molecule has 1 heterocycles. The van der Waals surface area contributed by atoms with Crippen LogP contribution in [-0.2, 0) is 10.5 Å². The normalized spacial score (nSPS) is 16.1. The fraction of sp³-hybridized carbons (Fsp3) is 0.182. The summed E-state index contributed by atoms with van der Waals surface area (Å²) in [5.41, 5.74) is 3.06. The van der Waals surface area contributed by atoms with Crippen molar-refractivity contribution < 1.29 is 9.72 Å². The number of para-hydroxylation sites is 1. The minimum atomic E-state index is -0.516. The number of hydrogen-bond donors (Lipinski definition) is 1. The standard InChI is InChI=1S/C22H18BrN3O3S/c1-13-20(14(2)27)21(16-8-4-5-9-18(16)23)17(11-24)22(25-13)30-12-15-7-3-6-10-19(15)26(28)29/h3-10,21,25H,12H2,1-2H3/t21-/m0/s1. The summed E-state index contributed by atoms with van der Waals surface area (Å²) in [5.74, 6) is -0.315. The zero-order valence-electron chi connectivity index (χ0n) is 16.3. The molecule has 0 unspecified atom stereocenters. The van der Waals surface area contributed by atoms with Crippen molar-refractivity contribution in [3.63, 3.8) is 0 Å². The van der Waals surface area contributed by atoms with Crippen molar-refractivity contribution in [1.82, 2.24) is 5.32 Å². The van der Waals surface area contributed by atoms with Gasteiger partial charge in [0.25, 0.3) is 5.69 Å². The fourth-order valence-electron chi connectivity index (χ4n) is 3.47. The van der Waals surface area contributed by atoms with Gasteiger partial charge in [0, 0.05) is 33.1 Å². The quantitative estimate of drug-likeness (QED) is 0.425. The van der Waals surface area contributed by atoms with Crippen molar-refractivity contribution >= 4 is 39.2 Å². The molecule has 0 aromatic heterocycles. The molecule has 6 nitrogen and oxygen atoms in total. The van der Waals surface area contributed by atoms with Gasteiger partial charge in [-0.3, -0.25) is 14.9 Å². The summed E-state index contributed by atoms with van der Waals surface area (Å²) in [7, 11) is 0. The molecule has 0 radical (unpaired) electrons. The third-order valence-electron chi connectivity index (χ3n) is 4.80. The average Bonchev–Trinajstić information content (AvgIpc) is 2.71. The van der Waals surface area contributed by atoms with Gasteiger partial charge in [0.15, 0.2) is 5.78 Å². The minimum absolute atomic E-state index is 0.0407. The predicted octanol–water partition coefficient (Wildman–Crippen LogP) is 5.58. The van der Waals surface area contributed by atoms with Crippen molar-refractivity contribution in [2.45, 2.75) is 25.5 Å². The summed E-state index contributed by atoms with van der Waals surface area (Å²) in [6.45, 7) is 3.30. The van der Waals surface area contributed by atoms with E-state index in [1.54, 1.807) is 25.1 Å². The number of dihydropyridines is 1. The number of nitrogens with one attached hydrogen (secondary N) is 1. The maximum atomic E-state index is 12.4. The zero-order valence-corrected chi connectivity index (χ0v) is 18.7. The Labute approximate surface area is 187 Å². The summed E-state index contributed by atoms with van der Waals surface area (Å²) in [6, 6.07) is 16.3. The lowest BCUT2D eigenvalue weighted by atomic mass is 9.81. The number of Topliss-reactive ketones (excluding diaryl/α,β-unsaturated/α-hetero) is 1. The van der Waals surface area contributed by atoms with Crippen molar-refractivity contribution in [2.75, 3.05) is 0 Å². The van der Waals surface area contributed by atoms with Crippen molar-refractivity contribution in [3.8, 4) is 6.07 Å². The molecule has 0 aliphatic carbocycles. The lowest BCUT2D eigenvalue weighted by Gasteiger charge is -2.30. The van der Waals surface area contributed by atoms with Crippen LogP contribution in [0.2, 0.25) is 0 Å². The molecule has 1 aliphatic heterocycles. The number of carbonyl (C=O) groups is 1. The van der Waals surface area contributed by atoms with Gasteiger partial charge < -0.3 is 5.32 Å². The number of nitro benzene ring substituents is 1. The van der Waals surface area contributed by atoms with Gasteiger partial charge in [-0.15, -0.1) is 11.8 Å². The SMILES string of the molecule is CC(=O)C1=C(C)NC(SCc2ccccc2[N+](=O)[O-])=C(C#N)[C@@H]1c1ccccc1Br. The molecule has 1 aliphatic rings.